The van der Waals surface area contributed by atoms with Crippen LogP contribution < -0.4 is 5.32 Å². The van der Waals surface area contributed by atoms with Gasteiger partial charge in [0, 0.05) is 13.2 Å². The number of nitrogens with one attached hydrogen (secondary N) is 1. The molecule has 0 fully saturated rings. The van der Waals surface area contributed by atoms with Gasteiger partial charge in [-0.05, 0) is 37.3 Å². The summed E-state index contributed by atoms with van der Waals surface area (Å²) in [5.74, 6) is 0. The lowest BCUT2D eigenvalue weighted by atomic mass is 9.87. The highest BCUT2D eigenvalue weighted by atomic mass is 32.1. The molecule has 0 saturated heterocycles. The zero-order valence-corrected chi connectivity index (χ0v) is 13.3. The molecule has 0 radical (unpaired) electrons. The molecule has 1 aromatic heterocycles. The van der Waals surface area contributed by atoms with Crippen LogP contribution in [-0.4, -0.2) is 23.2 Å². The standard InChI is InChI=1S/C16H24N2OS/c1-12(17-11-16(2,3)9-6-10-19)15-18-13-7-4-5-8-14(13)20-15/h4-5,7-8,12,17,19H,6,9-11H2,1-3H3. The van der Waals surface area contributed by atoms with Crippen molar-refractivity contribution in [2.45, 2.75) is 39.7 Å². The van der Waals surface area contributed by atoms with Crippen LogP contribution in [0.2, 0.25) is 0 Å². The second kappa shape index (κ2) is 6.66. The second-order valence-corrected chi connectivity index (χ2v) is 7.18. The Morgan fingerprint density at radius 2 is 2.10 bits per heavy atom. The van der Waals surface area contributed by atoms with E-state index in [2.05, 4.69) is 44.3 Å². The van der Waals surface area contributed by atoms with Crippen LogP contribution in [0.5, 0.6) is 0 Å². The predicted octanol–water partition coefficient (Wildman–Crippen LogP) is 3.75. The van der Waals surface area contributed by atoms with E-state index in [1.807, 2.05) is 6.07 Å². The molecule has 4 heteroatoms. The molecular weight excluding hydrogens is 268 g/mol. The number of rotatable bonds is 7. The molecule has 0 spiro atoms. The number of hydrogen-bond donors (Lipinski definition) is 2. The third-order valence-electron chi connectivity index (χ3n) is 3.58. The van der Waals surface area contributed by atoms with Crippen LogP contribution in [-0.2, 0) is 0 Å². The van der Waals surface area contributed by atoms with Gasteiger partial charge < -0.3 is 10.4 Å². The Labute approximate surface area is 125 Å². The molecule has 1 heterocycles. The molecule has 1 atom stereocenters. The summed E-state index contributed by atoms with van der Waals surface area (Å²) in [7, 11) is 0. The Balaban J connectivity index is 1.96. The van der Waals surface area contributed by atoms with Crippen molar-refractivity contribution in [2.24, 2.45) is 5.41 Å². The molecule has 0 aliphatic heterocycles. The van der Waals surface area contributed by atoms with Crippen molar-refractivity contribution in [2.75, 3.05) is 13.2 Å². The summed E-state index contributed by atoms with van der Waals surface area (Å²) in [6.45, 7) is 7.85. The molecule has 0 bridgehead atoms. The highest BCUT2D eigenvalue weighted by Crippen LogP contribution is 2.27. The fraction of sp³-hybridized carbons (Fsp3) is 0.562. The van der Waals surface area contributed by atoms with Crippen molar-refractivity contribution in [3.05, 3.63) is 29.3 Å². The number of thiazole rings is 1. The van der Waals surface area contributed by atoms with Crippen molar-refractivity contribution in [3.8, 4) is 0 Å². The van der Waals surface area contributed by atoms with E-state index < -0.39 is 0 Å². The topological polar surface area (TPSA) is 45.1 Å². The summed E-state index contributed by atoms with van der Waals surface area (Å²) < 4.78 is 1.25. The number of aliphatic hydroxyl groups excluding tert-OH is 1. The number of benzene rings is 1. The largest absolute Gasteiger partial charge is 0.396 e. The Bertz CT molecular complexity index is 517. The lowest BCUT2D eigenvalue weighted by molar-refractivity contribution is 0.233. The molecule has 0 aliphatic rings. The van der Waals surface area contributed by atoms with Crippen LogP contribution in [0.25, 0.3) is 10.2 Å². The Morgan fingerprint density at radius 1 is 1.35 bits per heavy atom. The minimum absolute atomic E-state index is 0.202. The van der Waals surface area contributed by atoms with Crippen molar-refractivity contribution in [1.82, 2.24) is 10.3 Å². The fourth-order valence-electron chi connectivity index (χ4n) is 2.24. The first-order valence-electron chi connectivity index (χ1n) is 7.21. The summed E-state index contributed by atoms with van der Waals surface area (Å²) >= 11 is 1.76. The molecule has 0 aliphatic carbocycles. The third kappa shape index (κ3) is 4.01. The van der Waals surface area contributed by atoms with Gasteiger partial charge in [-0.3, -0.25) is 0 Å². The number of nitrogens with zero attached hydrogens (tertiary/aromatic N) is 1. The zero-order chi connectivity index (χ0) is 14.6. The number of aliphatic hydroxyl groups is 1. The van der Waals surface area contributed by atoms with E-state index in [4.69, 9.17) is 10.1 Å². The first kappa shape index (κ1) is 15.4. The molecule has 2 aromatic rings. The first-order chi connectivity index (χ1) is 9.52. The van der Waals surface area contributed by atoms with Crippen LogP contribution in [0.1, 0.15) is 44.7 Å². The molecule has 110 valence electrons. The molecule has 2 N–H and O–H groups in total. The Morgan fingerprint density at radius 3 is 2.80 bits per heavy atom. The van der Waals surface area contributed by atoms with E-state index in [-0.39, 0.29) is 18.1 Å². The molecule has 1 unspecified atom stereocenters. The van der Waals surface area contributed by atoms with E-state index in [1.54, 1.807) is 11.3 Å². The lowest BCUT2D eigenvalue weighted by Gasteiger charge is -2.26. The fourth-order valence-corrected chi connectivity index (χ4v) is 3.23. The zero-order valence-electron chi connectivity index (χ0n) is 12.5. The average molecular weight is 292 g/mol. The average Bonchev–Trinajstić information content (AvgIpc) is 2.86. The summed E-state index contributed by atoms with van der Waals surface area (Å²) in [5.41, 5.74) is 1.29. The molecule has 0 amide bonds. The molecule has 0 saturated carbocycles. The molecular formula is C16H24N2OS. The van der Waals surface area contributed by atoms with Crippen molar-refractivity contribution in [3.63, 3.8) is 0 Å². The highest BCUT2D eigenvalue weighted by molar-refractivity contribution is 7.18. The number of aromatic nitrogens is 1. The van der Waals surface area contributed by atoms with Crippen LogP contribution in [0.4, 0.5) is 0 Å². The SMILES string of the molecule is CC(NCC(C)(C)CCCO)c1nc2ccccc2s1. The summed E-state index contributed by atoms with van der Waals surface area (Å²) in [4.78, 5) is 4.69. The normalized spacial score (nSPS) is 13.8. The van der Waals surface area contributed by atoms with Gasteiger partial charge in [0.2, 0.25) is 0 Å². The van der Waals surface area contributed by atoms with Gasteiger partial charge in [0.25, 0.3) is 0 Å². The Hall–Kier alpha value is -0.970. The van der Waals surface area contributed by atoms with Crippen LogP contribution in [0.15, 0.2) is 24.3 Å². The Kier molecular flexibility index (Phi) is 5.13. The van der Waals surface area contributed by atoms with Gasteiger partial charge in [-0.1, -0.05) is 26.0 Å². The highest BCUT2D eigenvalue weighted by Gasteiger charge is 2.19. The molecule has 2 rings (SSSR count). The minimum Gasteiger partial charge on any atom is -0.396 e. The van der Waals surface area contributed by atoms with E-state index in [0.717, 1.165) is 29.9 Å². The third-order valence-corrected chi connectivity index (χ3v) is 4.80. The van der Waals surface area contributed by atoms with Crippen LogP contribution >= 0.6 is 11.3 Å². The van der Waals surface area contributed by atoms with E-state index in [9.17, 15) is 0 Å². The monoisotopic (exact) mass is 292 g/mol. The summed E-state index contributed by atoms with van der Waals surface area (Å²) in [6, 6.07) is 8.53. The van der Waals surface area contributed by atoms with E-state index in [1.165, 1.54) is 4.70 Å². The van der Waals surface area contributed by atoms with Gasteiger partial charge >= 0.3 is 0 Å². The lowest BCUT2D eigenvalue weighted by Crippen LogP contribution is -2.31. The van der Waals surface area contributed by atoms with Gasteiger partial charge in [0.05, 0.1) is 16.3 Å². The van der Waals surface area contributed by atoms with Gasteiger partial charge in [-0.15, -0.1) is 11.3 Å². The van der Waals surface area contributed by atoms with Crippen molar-refractivity contribution in [1.29, 1.82) is 0 Å². The van der Waals surface area contributed by atoms with Crippen molar-refractivity contribution >= 4 is 21.6 Å². The minimum atomic E-state index is 0.202. The van der Waals surface area contributed by atoms with Gasteiger partial charge in [-0.25, -0.2) is 4.98 Å². The quantitative estimate of drug-likeness (QED) is 0.817. The van der Waals surface area contributed by atoms with Gasteiger partial charge in [0.15, 0.2) is 0 Å². The summed E-state index contributed by atoms with van der Waals surface area (Å²) in [5, 5.41) is 13.7. The van der Waals surface area contributed by atoms with E-state index >= 15 is 0 Å². The molecule has 1 aromatic carbocycles. The first-order valence-corrected chi connectivity index (χ1v) is 8.03. The smallest absolute Gasteiger partial charge is 0.111 e. The van der Waals surface area contributed by atoms with E-state index in [0.29, 0.717) is 0 Å². The number of hydrogen-bond acceptors (Lipinski definition) is 4. The predicted molar refractivity (Wildman–Crippen MR) is 86.1 cm³/mol. The van der Waals surface area contributed by atoms with Crippen molar-refractivity contribution < 1.29 is 5.11 Å². The van der Waals surface area contributed by atoms with Gasteiger partial charge in [0.1, 0.15) is 5.01 Å². The molecule has 3 nitrogen and oxygen atoms in total. The maximum Gasteiger partial charge on any atom is 0.111 e. The molecule has 20 heavy (non-hydrogen) atoms. The number of para-hydroxylation sites is 1. The number of fused-ring (bicyclic) bond motifs is 1. The van der Waals surface area contributed by atoms with Crippen LogP contribution in [0.3, 0.4) is 0 Å². The maximum atomic E-state index is 8.94. The van der Waals surface area contributed by atoms with Gasteiger partial charge in [-0.2, -0.15) is 0 Å². The second-order valence-electron chi connectivity index (χ2n) is 6.11. The maximum absolute atomic E-state index is 8.94. The van der Waals surface area contributed by atoms with Crippen LogP contribution in [0, 0.1) is 5.41 Å². The summed E-state index contributed by atoms with van der Waals surface area (Å²) in [6.07, 6.45) is 1.90.